The molecule has 0 bridgehead atoms. The minimum Gasteiger partial charge on any atom is -0.380 e. The molecule has 1 amide bonds. The van der Waals surface area contributed by atoms with Crippen molar-refractivity contribution >= 4 is 5.91 Å². The second-order valence-electron chi connectivity index (χ2n) is 4.61. The summed E-state index contributed by atoms with van der Waals surface area (Å²) in [5.41, 5.74) is 0. The summed E-state index contributed by atoms with van der Waals surface area (Å²) in [6, 6.07) is -0.0681. The molecule has 0 spiro atoms. The zero-order valence-corrected chi connectivity index (χ0v) is 10.3. The lowest BCUT2D eigenvalue weighted by Crippen LogP contribution is -2.44. The molecule has 1 heterocycles. The molecule has 4 nitrogen and oxygen atoms in total. The average Bonchev–Trinajstić information content (AvgIpc) is 2.46. The molecule has 1 N–H and O–H groups in total. The largest absolute Gasteiger partial charge is 0.380 e. The van der Waals surface area contributed by atoms with Crippen molar-refractivity contribution in [3.8, 4) is 0 Å². The Balaban J connectivity index is 2.68. The Labute approximate surface area is 92.0 Å². The van der Waals surface area contributed by atoms with Gasteiger partial charge < -0.3 is 9.64 Å². The third-order valence-electron chi connectivity index (χ3n) is 2.90. The minimum absolute atomic E-state index is 0.0681. The van der Waals surface area contributed by atoms with Crippen LogP contribution in [0.3, 0.4) is 0 Å². The van der Waals surface area contributed by atoms with Crippen molar-refractivity contribution in [1.82, 2.24) is 10.2 Å². The molecule has 0 saturated carbocycles. The lowest BCUT2D eigenvalue weighted by molar-refractivity contribution is -0.131. The zero-order valence-electron chi connectivity index (χ0n) is 10.3. The van der Waals surface area contributed by atoms with Gasteiger partial charge in [-0.15, -0.1) is 0 Å². The molecule has 0 radical (unpaired) electrons. The molecular formula is C11H22N2O2. The molecule has 4 heteroatoms. The number of methoxy groups -OCH3 is 1. The molecule has 15 heavy (non-hydrogen) atoms. The Bertz CT molecular complexity index is 231. The third-order valence-corrected chi connectivity index (χ3v) is 2.90. The number of ether oxygens (including phenoxy) is 1. The van der Waals surface area contributed by atoms with Crippen molar-refractivity contribution in [2.45, 2.75) is 46.0 Å². The van der Waals surface area contributed by atoms with Gasteiger partial charge in [0, 0.05) is 13.7 Å². The van der Waals surface area contributed by atoms with Gasteiger partial charge in [0.1, 0.15) is 0 Å². The first-order valence-corrected chi connectivity index (χ1v) is 5.56. The van der Waals surface area contributed by atoms with Crippen LogP contribution in [0.25, 0.3) is 0 Å². The SMILES string of the molecule is COC(C)CN1C(=O)C(C)NC1C(C)C. The highest BCUT2D eigenvalue weighted by atomic mass is 16.5. The molecule has 1 rings (SSSR count). The summed E-state index contributed by atoms with van der Waals surface area (Å²) in [5, 5.41) is 3.30. The van der Waals surface area contributed by atoms with E-state index in [-0.39, 0.29) is 24.2 Å². The summed E-state index contributed by atoms with van der Waals surface area (Å²) in [4.78, 5) is 13.8. The van der Waals surface area contributed by atoms with E-state index in [1.165, 1.54) is 0 Å². The summed E-state index contributed by atoms with van der Waals surface area (Å²) < 4.78 is 5.20. The predicted octanol–water partition coefficient (Wildman–Crippen LogP) is 0.824. The fourth-order valence-electron chi connectivity index (χ4n) is 1.91. The van der Waals surface area contributed by atoms with Crippen LogP contribution in [0.4, 0.5) is 0 Å². The molecule has 0 aliphatic carbocycles. The number of hydrogen-bond acceptors (Lipinski definition) is 3. The van der Waals surface area contributed by atoms with Gasteiger partial charge in [0.05, 0.1) is 18.3 Å². The van der Waals surface area contributed by atoms with Crippen molar-refractivity contribution < 1.29 is 9.53 Å². The molecule has 0 aromatic carbocycles. The standard InChI is InChI=1S/C11H22N2O2/c1-7(2)10-12-9(4)11(14)13(10)6-8(3)15-5/h7-10,12H,6H2,1-5H3. The van der Waals surface area contributed by atoms with Crippen molar-refractivity contribution in [2.24, 2.45) is 5.92 Å². The van der Waals surface area contributed by atoms with Crippen LogP contribution in [0.1, 0.15) is 27.7 Å². The molecule has 1 aliphatic rings. The summed E-state index contributed by atoms with van der Waals surface area (Å²) in [6.07, 6.45) is 0.229. The van der Waals surface area contributed by atoms with Gasteiger partial charge in [-0.05, 0) is 19.8 Å². The number of amides is 1. The van der Waals surface area contributed by atoms with E-state index in [1.54, 1.807) is 7.11 Å². The lowest BCUT2D eigenvalue weighted by Gasteiger charge is -2.29. The number of carbonyl (C=O) groups is 1. The van der Waals surface area contributed by atoms with Gasteiger partial charge in [0.2, 0.25) is 5.91 Å². The van der Waals surface area contributed by atoms with Gasteiger partial charge in [0.15, 0.2) is 0 Å². The third kappa shape index (κ3) is 2.69. The van der Waals surface area contributed by atoms with E-state index in [9.17, 15) is 4.79 Å². The van der Waals surface area contributed by atoms with Crippen LogP contribution in [0.5, 0.6) is 0 Å². The highest BCUT2D eigenvalue weighted by Crippen LogP contribution is 2.18. The van der Waals surface area contributed by atoms with E-state index >= 15 is 0 Å². The van der Waals surface area contributed by atoms with Gasteiger partial charge in [-0.25, -0.2) is 0 Å². The van der Waals surface area contributed by atoms with E-state index in [0.29, 0.717) is 12.5 Å². The van der Waals surface area contributed by atoms with E-state index in [1.807, 2.05) is 18.7 Å². The second-order valence-corrected chi connectivity index (χ2v) is 4.61. The summed E-state index contributed by atoms with van der Waals surface area (Å²) in [6.45, 7) is 8.79. The maximum absolute atomic E-state index is 11.9. The highest BCUT2D eigenvalue weighted by molar-refractivity contribution is 5.83. The molecule has 88 valence electrons. The van der Waals surface area contributed by atoms with Crippen LogP contribution in [0.15, 0.2) is 0 Å². The maximum atomic E-state index is 11.9. The van der Waals surface area contributed by atoms with E-state index in [0.717, 1.165) is 0 Å². The number of rotatable bonds is 4. The number of nitrogens with zero attached hydrogens (tertiary/aromatic N) is 1. The average molecular weight is 214 g/mol. The van der Waals surface area contributed by atoms with Gasteiger partial charge in [0.25, 0.3) is 0 Å². The maximum Gasteiger partial charge on any atom is 0.240 e. The van der Waals surface area contributed by atoms with Crippen molar-refractivity contribution in [3.05, 3.63) is 0 Å². The normalized spacial score (nSPS) is 28.9. The Morgan fingerprint density at radius 2 is 2.07 bits per heavy atom. The van der Waals surface area contributed by atoms with E-state index < -0.39 is 0 Å². The quantitative estimate of drug-likeness (QED) is 0.753. The van der Waals surface area contributed by atoms with Crippen LogP contribution in [-0.2, 0) is 9.53 Å². The summed E-state index contributed by atoms with van der Waals surface area (Å²) >= 11 is 0. The monoisotopic (exact) mass is 214 g/mol. The van der Waals surface area contributed by atoms with Crippen molar-refractivity contribution in [2.75, 3.05) is 13.7 Å². The fourth-order valence-corrected chi connectivity index (χ4v) is 1.91. The molecule has 3 atom stereocenters. The zero-order chi connectivity index (χ0) is 11.6. The van der Waals surface area contributed by atoms with Crippen molar-refractivity contribution in [3.63, 3.8) is 0 Å². The Hall–Kier alpha value is -0.610. The van der Waals surface area contributed by atoms with Crippen LogP contribution in [0, 0.1) is 5.92 Å². The number of carbonyl (C=O) groups excluding carboxylic acids is 1. The molecule has 1 fully saturated rings. The van der Waals surface area contributed by atoms with Gasteiger partial charge in [-0.3, -0.25) is 10.1 Å². The summed E-state index contributed by atoms with van der Waals surface area (Å²) in [7, 11) is 1.67. The summed E-state index contributed by atoms with van der Waals surface area (Å²) in [5.74, 6) is 0.598. The highest BCUT2D eigenvalue weighted by Gasteiger charge is 2.38. The first-order chi connectivity index (χ1) is 6.97. The van der Waals surface area contributed by atoms with E-state index in [4.69, 9.17) is 4.74 Å². The first-order valence-electron chi connectivity index (χ1n) is 5.56. The Kier molecular flexibility index (Phi) is 4.11. The molecular weight excluding hydrogens is 192 g/mol. The van der Waals surface area contributed by atoms with Crippen LogP contribution in [0.2, 0.25) is 0 Å². The first kappa shape index (κ1) is 12.5. The smallest absolute Gasteiger partial charge is 0.240 e. The molecule has 0 aromatic rings. The van der Waals surface area contributed by atoms with E-state index in [2.05, 4.69) is 19.2 Å². The van der Waals surface area contributed by atoms with Crippen LogP contribution >= 0.6 is 0 Å². The van der Waals surface area contributed by atoms with Crippen LogP contribution < -0.4 is 5.32 Å². The Morgan fingerprint density at radius 3 is 2.53 bits per heavy atom. The molecule has 3 unspecified atom stereocenters. The minimum atomic E-state index is -0.0681. The molecule has 1 aliphatic heterocycles. The van der Waals surface area contributed by atoms with Gasteiger partial charge in [-0.1, -0.05) is 13.8 Å². The predicted molar refractivity (Wildman–Crippen MR) is 59.4 cm³/mol. The fraction of sp³-hybridized carbons (Fsp3) is 0.909. The topological polar surface area (TPSA) is 41.6 Å². The number of hydrogen-bond donors (Lipinski definition) is 1. The molecule has 0 aromatic heterocycles. The molecule has 1 saturated heterocycles. The van der Waals surface area contributed by atoms with Gasteiger partial charge >= 0.3 is 0 Å². The lowest BCUT2D eigenvalue weighted by atomic mass is 10.1. The Morgan fingerprint density at radius 1 is 1.47 bits per heavy atom. The van der Waals surface area contributed by atoms with Crippen LogP contribution in [-0.4, -0.2) is 42.8 Å². The van der Waals surface area contributed by atoms with Crippen molar-refractivity contribution in [1.29, 1.82) is 0 Å². The number of nitrogens with one attached hydrogen (secondary N) is 1. The van der Waals surface area contributed by atoms with Gasteiger partial charge in [-0.2, -0.15) is 0 Å². The second kappa shape index (κ2) is 4.94.